The van der Waals surface area contributed by atoms with E-state index < -0.39 is 0 Å². The predicted molar refractivity (Wildman–Crippen MR) is 118 cm³/mol. The first kappa shape index (κ1) is 18.3. The Hall–Kier alpha value is -4.08. The summed E-state index contributed by atoms with van der Waals surface area (Å²) < 4.78 is 2.08. The molecule has 138 valence electrons. The molecule has 3 aromatic rings. The zero-order valence-electron chi connectivity index (χ0n) is 16.1. The molecule has 29 heavy (non-hydrogen) atoms. The maximum Gasteiger partial charge on any atom is 0.168 e. The summed E-state index contributed by atoms with van der Waals surface area (Å²) in [6.07, 6.45) is 12.1. The van der Waals surface area contributed by atoms with Crippen molar-refractivity contribution in [3.8, 4) is 47.0 Å². The topological polar surface area (TPSA) is 30.7 Å². The first-order valence-electron chi connectivity index (χ1n) is 9.41. The summed E-state index contributed by atoms with van der Waals surface area (Å²) in [5.41, 5.74) is 4.72. The van der Waals surface area contributed by atoms with E-state index in [1.807, 2.05) is 73.7 Å². The quantitative estimate of drug-likeness (QED) is 0.576. The first-order valence-corrected chi connectivity index (χ1v) is 9.41. The number of terminal acetylenes is 1. The zero-order valence-corrected chi connectivity index (χ0v) is 16.1. The van der Waals surface area contributed by atoms with Crippen LogP contribution in [0.4, 0.5) is 0 Å². The van der Waals surface area contributed by atoms with Crippen molar-refractivity contribution < 1.29 is 0 Å². The summed E-state index contributed by atoms with van der Waals surface area (Å²) >= 11 is 0. The van der Waals surface area contributed by atoms with Gasteiger partial charge in [-0.05, 0) is 19.1 Å². The summed E-state index contributed by atoms with van der Waals surface area (Å²) in [5.74, 6) is 10.5. The van der Waals surface area contributed by atoms with Crippen molar-refractivity contribution in [1.82, 2.24) is 14.8 Å². The van der Waals surface area contributed by atoms with Crippen LogP contribution in [0.25, 0.3) is 28.5 Å². The number of allylic oxidation sites excluding steroid dienone is 6. The summed E-state index contributed by atoms with van der Waals surface area (Å²) in [4.78, 5) is 0. The van der Waals surface area contributed by atoms with E-state index in [4.69, 9.17) is 6.42 Å². The van der Waals surface area contributed by atoms with Gasteiger partial charge in [0, 0.05) is 28.7 Å². The molecule has 3 nitrogen and oxygen atoms in total. The van der Waals surface area contributed by atoms with Gasteiger partial charge in [-0.15, -0.1) is 16.6 Å². The third-order valence-electron chi connectivity index (χ3n) is 4.73. The molecule has 0 fully saturated rings. The number of benzene rings is 2. The van der Waals surface area contributed by atoms with Gasteiger partial charge >= 0.3 is 0 Å². The van der Waals surface area contributed by atoms with Crippen LogP contribution in [0.3, 0.4) is 0 Å². The van der Waals surface area contributed by atoms with Gasteiger partial charge in [-0.3, -0.25) is 4.57 Å². The summed E-state index contributed by atoms with van der Waals surface area (Å²) in [6.45, 7) is 2.00. The van der Waals surface area contributed by atoms with E-state index in [2.05, 4.69) is 38.6 Å². The Labute approximate surface area is 171 Å². The molecule has 1 heterocycles. The average Bonchev–Trinajstić information content (AvgIpc) is 3.08. The van der Waals surface area contributed by atoms with Crippen LogP contribution in [0, 0.1) is 24.2 Å². The SMILES string of the molecule is C#CC1=C(/C(=C\C)n2c(-c3ccccc3)nnc2-c2ccccc2)CC#CC=C1. The molecular weight excluding hydrogens is 354 g/mol. The summed E-state index contributed by atoms with van der Waals surface area (Å²) in [5, 5.41) is 9.09. The normalized spacial score (nSPS) is 13.4. The van der Waals surface area contributed by atoms with E-state index in [0.29, 0.717) is 6.42 Å². The fourth-order valence-corrected chi connectivity index (χ4v) is 3.38. The molecule has 1 aromatic heterocycles. The van der Waals surface area contributed by atoms with Crippen molar-refractivity contribution in [3.05, 3.63) is 90.0 Å². The molecule has 0 radical (unpaired) electrons. The Kier molecular flexibility index (Phi) is 5.23. The van der Waals surface area contributed by atoms with E-state index in [0.717, 1.165) is 39.6 Å². The van der Waals surface area contributed by atoms with Gasteiger partial charge in [0.05, 0.1) is 5.70 Å². The molecule has 0 bridgehead atoms. The van der Waals surface area contributed by atoms with Gasteiger partial charge in [-0.1, -0.05) is 84.5 Å². The van der Waals surface area contributed by atoms with Crippen LogP contribution in [0.5, 0.6) is 0 Å². The van der Waals surface area contributed by atoms with Crippen molar-refractivity contribution in [3.63, 3.8) is 0 Å². The molecule has 2 aromatic carbocycles. The highest BCUT2D eigenvalue weighted by atomic mass is 15.3. The van der Waals surface area contributed by atoms with Crippen LogP contribution in [0.1, 0.15) is 13.3 Å². The van der Waals surface area contributed by atoms with E-state index in [-0.39, 0.29) is 0 Å². The van der Waals surface area contributed by atoms with Crippen molar-refractivity contribution in [2.24, 2.45) is 0 Å². The van der Waals surface area contributed by atoms with Crippen LogP contribution in [-0.4, -0.2) is 14.8 Å². The second-order valence-corrected chi connectivity index (χ2v) is 6.46. The highest BCUT2D eigenvalue weighted by molar-refractivity contribution is 5.79. The number of rotatable bonds is 4. The Bertz CT molecular complexity index is 1160. The average molecular weight is 373 g/mol. The molecule has 0 saturated carbocycles. The van der Waals surface area contributed by atoms with Gasteiger partial charge in [-0.25, -0.2) is 0 Å². The van der Waals surface area contributed by atoms with Crippen LogP contribution in [0.2, 0.25) is 0 Å². The maximum absolute atomic E-state index is 5.82. The molecular formula is C26H19N3. The molecule has 1 aliphatic carbocycles. The number of hydrogen-bond acceptors (Lipinski definition) is 2. The summed E-state index contributed by atoms with van der Waals surface area (Å²) in [6, 6.07) is 20.1. The molecule has 0 unspecified atom stereocenters. The molecule has 0 amide bonds. The van der Waals surface area contributed by atoms with Gasteiger partial charge in [-0.2, -0.15) is 0 Å². The Morgan fingerprint density at radius 2 is 1.59 bits per heavy atom. The Balaban J connectivity index is 1.99. The number of hydrogen-bond donors (Lipinski definition) is 0. The lowest BCUT2D eigenvalue weighted by Crippen LogP contribution is -2.06. The molecule has 4 rings (SSSR count). The zero-order chi connectivity index (χ0) is 20.1. The van der Waals surface area contributed by atoms with E-state index >= 15 is 0 Å². The lowest BCUT2D eigenvalue weighted by Gasteiger charge is -2.17. The van der Waals surface area contributed by atoms with Crippen molar-refractivity contribution in [1.29, 1.82) is 0 Å². The molecule has 0 aliphatic heterocycles. The minimum atomic E-state index is 0.562. The van der Waals surface area contributed by atoms with E-state index in [1.165, 1.54) is 0 Å². The highest BCUT2D eigenvalue weighted by Gasteiger charge is 2.21. The third-order valence-corrected chi connectivity index (χ3v) is 4.73. The largest absolute Gasteiger partial charge is 0.275 e. The lowest BCUT2D eigenvalue weighted by atomic mass is 10.0. The van der Waals surface area contributed by atoms with Gasteiger partial charge in [0.25, 0.3) is 0 Å². The monoisotopic (exact) mass is 373 g/mol. The van der Waals surface area contributed by atoms with Crippen molar-refractivity contribution >= 4 is 5.70 Å². The summed E-state index contributed by atoms with van der Waals surface area (Å²) in [7, 11) is 0. The second-order valence-electron chi connectivity index (χ2n) is 6.46. The molecule has 0 saturated heterocycles. The van der Waals surface area contributed by atoms with Crippen molar-refractivity contribution in [2.45, 2.75) is 13.3 Å². The van der Waals surface area contributed by atoms with Crippen LogP contribution in [0.15, 0.2) is 90.0 Å². The third kappa shape index (κ3) is 3.55. The lowest BCUT2D eigenvalue weighted by molar-refractivity contribution is 1.07. The number of nitrogens with zero attached hydrogens (tertiary/aromatic N) is 3. The molecule has 0 N–H and O–H groups in total. The standard InChI is InChI=1S/C26H19N3/c1-3-20-14-8-7-13-19-23(20)24(4-2)29-25(21-15-9-5-10-16-21)27-28-26(29)22-17-11-6-12-18-22/h1,4-6,8-12,14-18H,19H2,2H3/b24-4+. The predicted octanol–water partition coefficient (Wildman–Crippen LogP) is 5.37. The first-order chi connectivity index (χ1) is 14.3. The smallest absolute Gasteiger partial charge is 0.168 e. The van der Waals surface area contributed by atoms with E-state index in [9.17, 15) is 0 Å². The Morgan fingerprint density at radius 3 is 2.10 bits per heavy atom. The molecule has 0 spiro atoms. The van der Waals surface area contributed by atoms with Crippen LogP contribution >= 0.6 is 0 Å². The van der Waals surface area contributed by atoms with Crippen LogP contribution in [-0.2, 0) is 0 Å². The maximum atomic E-state index is 5.82. The molecule has 1 aliphatic rings. The van der Waals surface area contributed by atoms with Gasteiger partial charge in [0.1, 0.15) is 0 Å². The highest BCUT2D eigenvalue weighted by Crippen LogP contribution is 2.33. The van der Waals surface area contributed by atoms with E-state index in [1.54, 1.807) is 6.08 Å². The van der Waals surface area contributed by atoms with Gasteiger partial charge < -0.3 is 0 Å². The second kappa shape index (κ2) is 8.30. The van der Waals surface area contributed by atoms with Crippen molar-refractivity contribution in [2.75, 3.05) is 0 Å². The number of aromatic nitrogens is 3. The fourth-order valence-electron chi connectivity index (χ4n) is 3.38. The molecule has 0 atom stereocenters. The fraction of sp³-hybridized carbons (Fsp3) is 0.0769. The molecule has 3 heteroatoms. The minimum Gasteiger partial charge on any atom is -0.275 e. The minimum absolute atomic E-state index is 0.562. The Morgan fingerprint density at radius 1 is 1.00 bits per heavy atom. The van der Waals surface area contributed by atoms with Gasteiger partial charge in [0.2, 0.25) is 0 Å². The van der Waals surface area contributed by atoms with Crippen LogP contribution < -0.4 is 0 Å². The van der Waals surface area contributed by atoms with Gasteiger partial charge in [0.15, 0.2) is 11.6 Å².